The van der Waals surface area contributed by atoms with Crippen LogP contribution in [0.2, 0.25) is 25.7 Å². The van der Waals surface area contributed by atoms with Crippen LogP contribution < -0.4 is 0 Å². The van der Waals surface area contributed by atoms with Gasteiger partial charge >= 0.3 is 62.2 Å². The molecule has 0 aliphatic carbocycles. The van der Waals surface area contributed by atoms with Crippen LogP contribution in [0, 0.1) is 0 Å². The third-order valence-corrected chi connectivity index (χ3v) is 69.0. The molecule has 0 unspecified atom stereocenters. The fourth-order valence-electron chi connectivity index (χ4n) is 1.32. The molecule has 0 spiro atoms. The minimum atomic E-state index is -3.48. The van der Waals surface area contributed by atoms with E-state index in [9.17, 15) is 35.7 Å². The zero-order valence-corrected chi connectivity index (χ0v) is 22.2. The summed E-state index contributed by atoms with van der Waals surface area (Å²) >= 11 is 0. The Morgan fingerprint density at radius 2 is 0.957 bits per heavy atom. The first-order valence-corrected chi connectivity index (χ1v) is 29.7. The lowest BCUT2D eigenvalue weighted by atomic mass is 10.6. The van der Waals surface area contributed by atoms with Crippen LogP contribution in [0.5, 0.6) is 0 Å². The summed E-state index contributed by atoms with van der Waals surface area (Å²) in [5.74, 6) is 0. The molecule has 0 rings (SSSR count). The molecule has 0 atom stereocenters. The van der Waals surface area contributed by atoms with Gasteiger partial charge in [0.1, 0.15) is 7.59 Å². The summed E-state index contributed by atoms with van der Waals surface area (Å²) in [6, 6.07) is 0.101. The molecule has 0 radical (unpaired) electrons. The summed E-state index contributed by atoms with van der Waals surface area (Å²) < 4.78 is 95.5. The van der Waals surface area contributed by atoms with E-state index in [0.29, 0.717) is 6.42 Å². The summed E-state index contributed by atoms with van der Waals surface area (Å²) in [6.07, 6.45) is 0.460. The Hall–Kier alpha value is 0.352. The third-order valence-electron chi connectivity index (χ3n) is 2.65. The van der Waals surface area contributed by atoms with Crippen LogP contribution in [0.15, 0.2) is 0 Å². The normalized spacial score (nSPS) is 10.6. The van der Waals surface area contributed by atoms with Crippen LogP contribution in [0.25, 0.3) is 0 Å². The van der Waals surface area contributed by atoms with Gasteiger partial charge in [-0.3, -0.25) is 0 Å². The standard InChI is InChI=1S/C6H16O8Si9/c1-5-6-15(7)16(8)17(9)18(10)19(11)20(12)21(13)22(14)23(2,3)4/h5-6H2,1-4H3. The molecule has 0 aromatic carbocycles. The van der Waals surface area contributed by atoms with Crippen molar-refractivity contribution in [1.29, 1.82) is 0 Å². The van der Waals surface area contributed by atoms with Crippen molar-refractivity contribution in [3.05, 3.63) is 0 Å². The Morgan fingerprint density at radius 3 is 1.30 bits per heavy atom. The highest BCUT2D eigenvalue weighted by molar-refractivity contribution is 7.76. The Bertz CT molecular complexity index is 645. The average Bonchev–Trinajstić information content (AvgIpc) is 2.48. The molecular formula is C6H16O8Si9. The first-order chi connectivity index (χ1) is 10.4. The third kappa shape index (κ3) is 6.64. The second-order valence-electron chi connectivity index (χ2n) is 5.73. The lowest BCUT2D eigenvalue weighted by molar-refractivity contribution is 0.534. The highest BCUT2D eigenvalue weighted by Gasteiger charge is 2.50. The van der Waals surface area contributed by atoms with Crippen LogP contribution >= 0.6 is 0 Å². The van der Waals surface area contributed by atoms with Gasteiger partial charge in [-0.2, -0.15) is 0 Å². The van der Waals surface area contributed by atoms with Crippen molar-refractivity contribution in [3.8, 4) is 0 Å². The van der Waals surface area contributed by atoms with Gasteiger partial charge in [-0.05, 0) is 6.04 Å². The molecular weight excluding hydrogens is 453 g/mol. The topological polar surface area (TPSA) is 137 Å². The minimum absolute atomic E-state index is 0.101. The molecule has 0 aromatic rings. The lowest BCUT2D eigenvalue weighted by Gasteiger charge is -2.08. The largest absolute Gasteiger partial charge is 0.389 e. The maximum Gasteiger partial charge on any atom is 0.381 e. The number of hydrogen-bond donors (Lipinski definition) is 0. The second-order valence-corrected chi connectivity index (χ2v) is 51.9. The van der Waals surface area contributed by atoms with Gasteiger partial charge in [0.2, 0.25) is 0 Å². The van der Waals surface area contributed by atoms with E-state index in [0.717, 1.165) is 0 Å². The lowest BCUT2D eigenvalue weighted by Crippen LogP contribution is -2.54. The first kappa shape index (κ1) is 23.4. The van der Waals surface area contributed by atoms with Gasteiger partial charge < -0.3 is 35.7 Å². The maximum atomic E-state index is 12.1. The van der Waals surface area contributed by atoms with E-state index in [1.165, 1.54) is 0 Å². The molecule has 0 aromatic heterocycles. The van der Waals surface area contributed by atoms with Gasteiger partial charge in [0.05, 0.1) is 0 Å². The SMILES string of the molecule is CCC[Si](=O)[Si](=O)[Si](=O)[Si](=O)[Si](=O)[Si](=O)[Si](=O)[Si](=O)[Si](C)(C)C. The van der Waals surface area contributed by atoms with Crippen molar-refractivity contribution in [2.45, 2.75) is 39.0 Å². The molecule has 17 heteroatoms. The molecule has 8 nitrogen and oxygen atoms in total. The Balaban J connectivity index is 5.21. The van der Waals surface area contributed by atoms with Gasteiger partial charge in [0.25, 0.3) is 0 Å². The molecule has 0 fully saturated rings. The molecule has 124 valence electrons. The van der Waals surface area contributed by atoms with Crippen molar-refractivity contribution in [2.75, 3.05) is 0 Å². The molecule has 0 amide bonds. The van der Waals surface area contributed by atoms with Crippen molar-refractivity contribution >= 4 is 69.8 Å². The monoisotopic (exact) mass is 468 g/mol. The van der Waals surface area contributed by atoms with E-state index in [1.54, 1.807) is 26.6 Å². The van der Waals surface area contributed by atoms with E-state index >= 15 is 0 Å². The molecule has 0 saturated heterocycles. The predicted octanol–water partition coefficient (Wildman–Crippen LogP) is -1.26. The molecule has 0 heterocycles. The summed E-state index contributed by atoms with van der Waals surface area (Å²) in [4.78, 5) is 0. The Labute approximate surface area is 144 Å². The van der Waals surface area contributed by atoms with Gasteiger partial charge in [-0.15, -0.1) is 0 Å². The van der Waals surface area contributed by atoms with Crippen LogP contribution in [0.1, 0.15) is 13.3 Å². The first-order valence-electron chi connectivity index (χ1n) is 6.69. The second kappa shape index (κ2) is 9.74. The smallest absolute Gasteiger partial charge is 0.381 e. The molecule has 23 heavy (non-hydrogen) atoms. The van der Waals surface area contributed by atoms with E-state index in [1.807, 2.05) is 0 Å². The highest BCUT2D eigenvalue weighted by atomic mass is 30.0. The van der Waals surface area contributed by atoms with Crippen LogP contribution in [0.4, 0.5) is 0 Å². The van der Waals surface area contributed by atoms with Crippen LogP contribution in [0.3, 0.4) is 0 Å². The molecule has 0 aliphatic heterocycles. The van der Waals surface area contributed by atoms with Crippen molar-refractivity contribution in [2.24, 2.45) is 0 Å². The summed E-state index contributed by atoms with van der Waals surface area (Å²) in [5, 5.41) is 0. The Kier molecular flexibility index (Phi) is 9.89. The fraction of sp³-hybridized carbons (Fsp3) is 1.00. The zero-order chi connectivity index (χ0) is 18.5. The quantitative estimate of drug-likeness (QED) is 0.362. The maximum absolute atomic E-state index is 12.1. The van der Waals surface area contributed by atoms with Crippen molar-refractivity contribution in [3.63, 3.8) is 0 Å². The zero-order valence-electron chi connectivity index (χ0n) is 13.2. The van der Waals surface area contributed by atoms with Crippen molar-refractivity contribution in [1.82, 2.24) is 0 Å². The summed E-state index contributed by atoms with van der Waals surface area (Å²) in [7, 11) is -27.7. The van der Waals surface area contributed by atoms with Crippen molar-refractivity contribution < 1.29 is 35.7 Å². The Morgan fingerprint density at radius 1 is 0.609 bits per heavy atom. The number of hydrogen-bond acceptors (Lipinski definition) is 8. The van der Waals surface area contributed by atoms with Gasteiger partial charge in [0.15, 0.2) is 0 Å². The fourth-order valence-corrected chi connectivity index (χ4v) is 91.5. The van der Waals surface area contributed by atoms with Crippen LogP contribution in [-0.2, 0) is 35.7 Å². The van der Waals surface area contributed by atoms with E-state index < -0.39 is 69.8 Å². The van der Waals surface area contributed by atoms with E-state index in [2.05, 4.69) is 0 Å². The molecule has 0 saturated carbocycles. The number of rotatable bonds is 10. The van der Waals surface area contributed by atoms with Gasteiger partial charge in [0, 0.05) is 0 Å². The highest BCUT2D eigenvalue weighted by Crippen LogP contribution is 2.00. The van der Waals surface area contributed by atoms with Gasteiger partial charge in [-0.25, -0.2) is 0 Å². The van der Waals surface area contributed by atoms with Gasteiger partial charge in [-0.1, -0.05) is 33.0 Å². The molecule has 0 bridgehead atoms. The predicted molar refractivity (Wildman–Crippen MR) is 90.0 cm³/mol. The molecule has 0 N–H and O–H groups in total. The average molecular weight is 469 g/mol. The van der Waals surface area contributed by atoms with E-state index in [4.69, 9.17) is 0 Å². The molecule has 0 aliphatic rings. The van der Waals surface area contributed by atoms with Crippen LogP contribution in [-0.4, -0.2) is 69.8 Å². The minimum Gasteiger partial charge on any atom is -0.389 e. The summed E-state index contributed by atoms with van der Waals surface area (Å²) in [6.45, 7) is 6.71. The van der Waals surface area contributed by atoms with E-state index in [-0.39, 0.29) is 6.04 Å². The summed E-state index contributed by atoms with van der Waals surface area (Å²) in [5.41, 5.74) is 0.